The summed E-state index contributed by atoms with van der Waals surface area (Å²) in [4.78, 5) is 4.22. The molecule has 0 spiro atoms. The Kier molecular flexibility index (Phi) is 3.08. The monoisotopic (exact) mass is 233 g/mol. The molecule has 0 fully saturated rings. The lowest BCUT2D eigenvalue weighted by Crippen LogP contribution is -2.25. The molecule has 1 aromatic carbocycles. The fourth-order valence-corrected chi connectivity index (χ4v) is 2.67. The van der Waals surface area contributed by atoms with Gasteiger partial charge in [-0.3, -0.25) is 0 Å². The summed E-state index contributed by atoms with van der Waals surface area (Å²) < 4.78 is 0. The Morgan fingerprint density at radius 3 is 2.75 bits per heavy atom. The second-order valence-electron chi connectivity index (χ2n) is 4.19. The highest BCUT2D eigenvalue weighted by Crippen LogP contribution is 2.28. The van der Waals surface area contributed by atoms with Crippen LogP contribution in [0.2, 0.25) is 0 Å². The Hall–Kier alpha value is -1.19. The van der Waals surface area contributed by atoms with E-state index in [2.05, 4.69) is 4.98 Å². The molecule has 16 heavy (non-hydrogen) atoms. The lowest BCUT2D eigenvalue weighted by molar-refractivity contribution is 0.0569. The fraction of sp³-hybridized carbons (Fsp3) is 0.308. The fourth-order valence-electron chi connectivity index (χ4n) is 1.91. The highest BCUT2D eigenvalue weighted by atomic mass is 32.1. The molecule has 84 valence electrons. The van der Waals surface area contributed by atoms with Crippen LogP contribution in [-0.4, -0.2) is 10.1 Å². The molecule has 0 saturated heterocycles. The molecular weight excluding hydrogens is 218 g/mol. The van der Waals surface area contributed by atoms with Crippen LogP contribution in [0.15, 0.2) is 35.8 Å². The van der Waals surface area contributed by atoms with Crippen LogP contribution in [0.3, 0.4) is 0 Å². The summed E-state index contributed by atoms with van der Waals surface area (Å²) >= 11 is 1.58. The van der Waals surface area contributed by atoms with Gasteiger partial charge in [0.2, 0.25) is 0 Å². The van der Waals surface area contributed by atoms with Gasteiger partial charge in [-0.15, -0.1) is 11.3 Å². The number of hydrogen-bond acceptors (Lipinski definition) is 3. The zero-order valence-corrected chi connectivity index (χ0v) is 10.3. The second-order valence-corrected chi connectivity index (χ2v) is 5.17. The van der Waals surface area contributed by atoms with Crippen molar-refractivity contribution in [2.75, 3.05) is 0 Å². The quantitative estimate of drug-likeness (QED) is 0.884. The van der Waals surface area contributed by atoms with Crippen molar-refractivity contribution in [2.45, 2.75) is 25.9 Å². The van der Waals surface area contributed by atoms with Gasteiger partial charge in [-0.1, -0.05) is 24.3 Å². The first-order valence-electron chi connectivity index (χ1n) is 5.26. The van der Waals surface area contributed by atoms with Crippen LogP contribution in [0.25, 0.3) is 0 Å². The van der Waals surface area contributed by atoms with Crippen LogP contribution in [0.5, 0.6) is 0 Å². The smallest absolute Gasteiger partial charge is 0.0956 e. The molecule has 2 nitrogen and oxygen atoms in total. The third-order valence-corrected chi connectivity index (χ3v) is 3.48. The number of thiazole rings is 1. The number of aliphatic hydroxyl groups is 1. The van der Waals surface area contributed by atoms with E-state index in [-0.39, 0.29) is 0 Å². The van der Waals surface area contributed by atoms with Gasteiger partial charge >= 0.3 is 0 Å². The zero-order chi connectivity index (χ0) is 11.6. The second kappa shape index (κ2) is 4.36. The Morgan fingerprint density at radius 1 is 1.38 bits per heavy atom. The molecule has 3 heteroatoms. The van der Waals surface area contributed by atoms with E-state index in [0.29, 0.717) is 6.42 Å². The SMILES string of the molecule is Cc1ccccc1C(C)(O)Cc1nccs1. The van der Waals surface area contributed by atoms with Gasteiger partial charge in [0, 0.05) is 18.0 Å². The third-order valence-electron chi connectivity index (χ3n) is 2.70. The molecule has 0 saturated carbocycles. The minimum Gasteiger partial charge on any atom is -0.385 e. The van der Waals surface area contributed by atoms with Crippen LogP contribution in [0.4, 0.5) is 0 Å². The Bertz CT molecular complexity index is 463. The van der Waals surface area contributed by atoms with Crippen molar-refractivity contribution in [3.63, 3.8) is 0 Å². The number of aryl methyl sites for hydroxylation is 1. The number of rotatable bonds is 3. The Balaban J connectivity index is 2.28. The maximum Gasteiger partial charge on any atom is 0.0956 e. The highest BCUT2D eigenvalue weighted by molar-refractivity contribution is 7.09. The number of nitrogens with zero attached hydrogens (tertiary/aromatic N) is 1. The molecule has 1 atom stereocenters. The van der Waals surface area contributed by atoms with E-state index < -0.39 is 5.60 Å². The molecule has 0 aliphatic heterocycles. The molecule has 0 radical (unpaired) electrons. The summed E-state index contributed by atoms with van der Waals surface area (Å²) in [5.41, 5.74) is 1.25. The van der Waals surface area contributed by atoms with E-state index in [9.17, 15) is 5.11 Å². The lowest BCUT2D eigenvalue weighted by Gasteiger charge is -2.24. The van der Waals surface area contributed by atoms with Crippen molar-refractivity contribution in [2.24, 2.45) is 0 Å². The van der Waals surface area contributed by atoms with Crippen LogP contribution in [-0.2, 0) is 12.0 Å². The Labute approximate surface area is 99.6 Å². The first-order chi connectivity index (χ1) is 7.59. The Morgan fingerprint density at radius 2 is 2.12 bits per heavy atom. The molecule has 1 N–H and O–H groups in total. The molecular formula is C13H15NOS. The van der Waals surface area contributed by atoms with Crippen LogP contribution in [0, 0.1) is 6.92 Å². The minimum atomic E-state index is -0.844. The maximum atomic E-state index is 10.5. The molecule has 0 amide bonds. The van der Waals surface area contributed by atoms with E-state index in [4.69, 9.17) is 0 Å². The summed E-state index contributed by atoms with van der Waals surface area (Å²) in [7, 11) is 0. The van der Waals surface area contributed by atoms with Crippen molar-refractivity contribution in [1.82, 2.24) is 4.98 Å². The molecule has 0 aliphatic rings. The van der Waals surface area contributed by atoms with Crippen LogP contribution in [0.1, 0.15) is 23.1 Å². The van der Waals surface area contributed by atoms with Crippen molar-refractivity contribution >= 4 is 11.3 Å². The number of benzene rings is 1. The molecule has 2 aromatic rings. The minimum absolute atomic E-state index is 0.565. The van der Waals surface area contributed by atoms with Gasteiger partial charge in [-0.25, -0.2) is 4.98 Å². The standard InChI is InChI=1S/C13H15NOS/c1-10-5-3-4-6-11(10)13(2,15)9-12-14-7-8-16-12/h3-8,15H,9H2,1-2H3. The van der Waals surface area contributed by atoms with E-state index in [1.54, 1.807) is 17.5 Å². The molecule has 1 aromatic heterocycles. The van der Waals surface area contributed by atoms with Gasteiger partial charge in [0.1, 0.15) is 0 Å². The largest absolute Gasteiger partial charge is 0.385 e. The van der Waals surface area contributed by atoms with E-state index in [1.165, 1.54) is 0 Å². The molecule has 1 unspecified atom stereocenters. The average Bonchev–Trinajstić information content (AvgIpc) is 2.70. The first-order valence-corrected chi connectivity index (χ1v) is 6.14. The molecule has 0 bridgehead atoms. The lowest BCUT2D eigenvalue weighted by atomic mass is 9.89. The predicted octanol–water partition coefficient (Wildman–Crippen LogP) is 2.90. The zero-order valence-electron chi connectivity index (χ0n) is 9.47. The third kappa shape index (κ3) is 2.31. The van der Waals surface area contributed by atoms with Gasteiger partial charge in [-0.05, 0) is 25.0 Å². The van der Waals surface area contributed by atoms with Gasteiger partial charge in [0.15, 0.2) is 0 Å². The van der Waals surface area contributed by atoms with E-state index in [1.807, 2.05) is 43.5 Å². The summed E-state index contributed by atoms with van der Waals surface area (Å²) in [6, 6.07) is 7.94. The van der Waals surface area contributed by atoms with Gasteiger partial charge in [0.05, 0.1) is 10.6 Å². The summed E-state index contributed by atoms with van der Waals surface area (Å²) in [6.45, 7) is 3.86. The summed E-state index contributed by atoms with van der Waals surface area (Å²) in [5.74, 6) is 0. The molecule has 0 aliphatic carbocycles. The van der Waals surface area contributed by atoms with E-state index in [0.717, 1.165) is 16.1 Å². The number of hydrogen-bond donors (Lipinski definition) is 1. The topological polar surface area (TPSA) is 33.1 Å². The van der Waals surface area contributed by atoms with Gasteiger partial charge < -0.3 is 5.11 Å². The number of aromatic nitrogens is 1. The highest BCUT2D eigenvalue weighted by Gasteiger charge is 2.25. The van der Waals surface area contributed by atoms with Gasteiger partial charge in [-0.2, -0.15) is 0 Å². The molecule has 2 rings (SSSR count). The predicted molar refractivity (Wildman–Crippen MR) is 66.6 cm³/mol. The normalized spacial score (nSPS) is 14.7. The maximum absolute atomic E-state index is 10.5. The van der Waals surface area contributed by atoms with E-state index >= 15 is 0 Å². The summed E-state index contributed by atoms with van der Waals surface area (Å²) in [5, 5.41) is 13.4. The van der Waals surface area contributed by atoms with Crippen LogP contribution < -0.4 is 0 Å². The average molecular weight is 233 g/mol. The summed E-state index contributed by atoms with van der Waals surface area (Å²) in [6.07, 6.45) is 2.34. The van der Waals surface area contributed by atoms with Crippen LogP contribution >= 0.6 is 11.3 Å². The van der Waals surface area contributed by atoms with Gasteiger partial charge in [0.25, 0.3) is 0 Å². The first kappa shape index (κ1) is 11.3. The molecule has 1 heterocycles. The van der Waals surface area contributed by atoms with Crippen molar-refractivity contribution in [3.8, 4) is 0 Å². The van der Waals surface area contributed by atoms with Crippen molar-refractivity contribution in [3.05, 3.63) is 52.0 Å². The van der Waals surface area contributed by atoms with Crippen molar-refractivity contribution < 1.29 is 5.11 Å². The van der Waals surface area contributed by atoms with Crippen molar-refractivity contribution in [1.29, 1.82) is 0 Å².